The fourth-order valence-corrected chi connectivity index (χ4v) is 2.72. The van der Waals surface area contributed by atoms with Crippen LogP contribution in [0.25, 0.3) is 0 Å². The molecule has 2 aliphatic rings. The van der Waals surface area contributed by atoms with Crippen LogP contribution in [0.15, 0.2) is 12.2 Å². The first-order valence-corrected chi connectivity index (χ1v) is 7.35. The van der Waals surface area contributed by atoms with Gasteiger partial charge < -0.3 is 29.2 Å². The van der Waals surface area contributed by atoms with E-state index in [1.54, 1.807) is 19.9 Å². The highest BCUT2D eigenvalue weighted by Crippen LogP contribution is 2.37. The molecule has 0 amide bonds. The topological polar surface area (TPSA) is 77.4 Å². The molecule has 0 aromatic heterocycles. The molecule has 0 spiro atoms. The largest absolute Gasteiger partial charge is 0.396 e. The van der Waals surface area contributed by atoms with Crippen LogP contribution in [0.3, 0.4) is 0 Å². The van der Waals surface area contributed by atoms with Crippen LogP contribution in [0.5, 0.6) is 0 Å². The lowest BCUT2D eigenvalue weighted by molar-refractivity contribution is -0.334. The summed E-state index contributed by atoms with van der Waals surface area (Å²) in [5.74, 6) is -1.03. The van der Waals surface area contributed by atoms with Crippen molar-refractivity contribution >= 4 is 0 Å². The average molecular weight is 303 g/mol. The summed E-state index contributed by atoms with van der Waals surface area (Å²) >= 11 is 0. The highest BCUT2D eigenvalue weighted by Gasteiger charge is 2.47. The third-order valence-electron chi connectivity index (χ3n) is 3.80. The molecule has 0 aliphatic carbocycles. The number of rotatable bonds is 6. The van der Waals surface area contributed by atoms with Crippen molar-refractivity contribution in [2.24, 2.45) is 5.92 Å². The third kappa shape index (κ3) is 4.25. The van der Waals surface area contributed by atoms with Gasteiger partial charge in [0.05, 0.1) is 27.8 Å². The van der Waals surface area contributed by atoms with Gasteiger partial charge in [0.25, 0.3) is 0 Å². The summed E-state index contributed by atoms with van der Waals surface area (Å²) in [5.41, 5.74) is -0.889. The normalized spacial score (nSPS) is 36.0. The molecule has 2 saturated heterocycles. The third-order valence-corrected chi connectivity index (χ3v) is 3.80. The molecule has 2 atom stereocenters. The van der Waals surface area contributed by atoms with E-state index in [0.717, 1.165) is 0 Å². The fraction of sp³-hybridized carbons (Fsp3) is 0.867. The van der Waals surface area contributed by atoms with Gasteiger partial charge in [-0.1, -0.05) is 12.2 Å². The minimum atomic E-state index is -1.33. The van der Waals surface area contributed by atoms with Crippen molar-refractivity contribution in [3.05, 3.63) is 12.2 Å². The standard InChI is InChI=1S/C15H26O6/c1-14(2)20-10-12(15(11-17,21-14)6-7-16)4-3-5-13-18-8-9-19-13/h3-4,12-13,16-17H,5-11H2,1-2H3/b4-3+/t12-,15?/m1/s1/i13D. The van der Waals surface area contributed by atoms with E-state index < -0.39 is 17.7 Å². The summed E-state index contributed by atoms with van der Waals surface area (Å²) in [5, 5.41) is 19.1. The fourth-order valence-electron chi connectivity index (χ4n) is 2.72. The molecule has 6 nitrogen and oxygen atoms in total. The highest BCUT2D eigenvalue weighted by atomic mass is 16.7. The zero-order valence-electron chi connectivity index (χ0n) is 13.7. The van der Waals surface area contributed by atoms with Gasteiger partial charge in [-0.05, 0) is 13.8 Å². The minimum absolute atomic E-state index is 0.0877. The Morgan fingerprint density at radius 3 is 2.62 bits per heavy atom. The van der Waals surface area contributed by atoms with Gasteiger partial charge in [0, 0.05) is 25.4 Å². The van der Waals surface area contributed by atoms with Crippen molar-refractivity contribution in [2.45, 2.75) is 44.3 Å². The molecule has 2 heterocycles. The van der Waals surface area contributed by atoms with Crippen molar-refractivity contribution in [3.63, 3.8) is 0 Å². The molecule has 2 fully saturated rings. The number of ether oxygens (including phenoxy) is 4. The van der Waals surface area contributed by atoms with E-state index in [-0.39, 0.29) is 25.6 Å². The van der Waals surface area contributed by atoms with Crippen molar-refractivity contribution in [1.29, 1.82) is 0 Å². The van der Waals surface area contributed by atoms with E-state index in [1.807, 2.05) is 6.08 Å². The second kappa shape index (κ2) is 7.17. The van der Waals surface area contributed by atoms with Crippen molar-refractivity contribution in [1.82, 2.24) is 0 Å². The number of hydrogen-bond donors (Lipinski definition) is 2. The Hall–Kier alpha value is -0.500. The first-order chi connectivity index (χ1) is 10.3. The van der Waals surface area contributed by atoms with Crippen LogP contribution in [0.1, 0.15) is 28.1 Å². The molecular weight excluding hydrogens is 276 g/mol. The predicted molar refractivity (Wildman–Crippen MR) is 75.6 cm³/mol. The van der Waals surface area contributed by atoms with E-state index in [4.69, 9.17) is 20.3 Å². The summed E-state index contributed by atoms with van der Waals surface area (Å²) in [7, 11) is 0. The first kappa shape index (κ1) is 15.4. The molecule has 2 aliphatic heterocycles. The lowest BCUT2D eigenvalue weighted by Gasteiger charge is -2.48. The predicted octanol–water partition coefficient (Wildman–Crippen LogP) is 0.818. The smallest absolute Gasteiger partial charge is 0.163 e. The van der Waals surface area contributed by atoms with E-state index in [1.165, 1.54) is 0 Å². The van der Waals surface area contributed by atoms with Crippen LogP contribution in [0.2, 0.25) is 0 Å². The molecule has 1 unspecified atom stereocenters. The molecule has 21 heavy (non-hydrogen) atoms. The van der Waals surface area contributed by atoms with Gasteiger partial charge in [-0.25, -0.2) is 0 Å². The zero-order valence-corrected chi connectivity index (χ0v) is 12.7. The second-order valence-corrected chi connectivity index (χ2v) is 5.82. The molecular formula is C15H26O6. The van der Waals surface area contributed by atoms with Gasteiger partial charge in [-0.2, -0.15) is 0 Å². The second-order valence-electron chi connectivity index (χ2n) is 5.82. The number of hydrogen-bond acceptors (Lipinski definition) is 6. The monoisotopic (exact) mass is 303 g/mol. The molecule has 0 aromatic carbocycles. The van der Waals surface area contributed by atoms with Crippen molar-refractivity contribution in [2.75, 3.05) is 33.0 Å². The summed E-state index contributed by atoms with van der Waals surface area (Å²) in [4.78, 5) is 0. The molecule has 0 bridgehead atoms. The van der Waals surface area contributed by atoms with E-state index in [0.29, 0.717) is 26.2 Å². The first-order valence-electron chi connectivity index (χ1n) is 7.85. The molecule has 6 heteroatoms. The average Bonchev–Trinajstić information content (AvgIpc) is 2.88. The maximum absolute atomic E-state index is 9.82. The molecule has 0 radical (unpaired) electrons. The molecule has 0 saturated carbocycles. The summed E-state index contributed by atoms with van der Waals surface area (Å²) in [6.07, 6.45) is 2.90. The zero-order chi connectivity index (χ0) is 16.3. The van der Waals surface area contributed by atoms with Crippen LogP contribution in [0, 0.1) is 5.92 Å². The van der Waals surface area contributed by atoms with Gasteiger partial charge in [0.15, 0.2) is 12.1 Å². The van der Waals surface area contributed by atoms with Gasteiger partial charge >= 0.3 is 0 Å². The van der Waals surface area contributed by atoms with E-state index >= 15 is 0 Å². The Bertz CT molecular complexity index is 393. The lowest BCUT2D eigenvalue weighted by Crippen LogP contribution is -2.57. The van der Waals surface area contributed by atoms with Crippen LogP contribution in [-0.2, 0) is 18.9 Å². The molecule has 2 rings (SSSR count). The Morgan fingerprint density at radius 2 is 2.00 bits per heavy atom. The lowest BCUT2D eigenvalue weighted by atomic mass is 9.83. The molecule has 2 N–H and O–H groups in total. The molecule has 0 aromatic rings. The van der Waals surface area contributed by atoms with Crippen molar-refractivity contribution in [3.8, 4) is 0 Å². The van der Waals surface area contributed by atoms with Gasteiger partial charge in [-0.15, -0.1) is 0 Å². The Labute approximate surface area is 127 Å². The van der Waals surface area contributed by atoms with Gasteiger partial charge in [0.1, 0.15) is 5.60 Å². The quantitative estimate of drug-likeness (QED) is 0.707. The summed E-state index contributed by atoms with van der Waals surface area (Å²) in [6.45, 7) is 4.49. The SMILES string of the molecule is [2H]C1(C/C=C/[C@@H]2COC(C)(C)OC2(CO)CCO)OCCO1. The van der Waals surface area contributed by atoms with Crippen molar-refractivity contribution < 1.29 is 30.5 Å². The number of aliphatic hydroxyl groups excluding tert-OH is 2. The van der Waals surface area contributed by atoms with E-state index in [9.17, 15) is 10.2 Å². The summed E-state index contributed by atoms with van der Waals surface area (Å²) < 4.78 is 30.0. The van der Waals surface area contributed by atoms with Gasteiger partial charge in [-0.3, -0.25) is 0 Å². The highest BCUT2D eigenvalue weighted by molar-refractivity contribution is 5.03. The van der Waals surface area contributed by atoms with Crippen LogP contribution in [0.4, 0.5) is 0 Å². The summed E-state index contributed by atoms with van der Waals surface area (Å²) in [6, 6.07) is 0. The number of aliphatic hydroxyl groups is 2. The Morgan fingerprint density at radius 1 is 1.29 bits per heavy atom. The Kier molecular flexibility index (Phi) is 5.26. The maximum atomic E-state index is 9.82. The van der Waals surface area contributed by atoms with E-state index in [2.05, 4.69) is 0 Å². The van der Waals surface area contributed by atoms with Crippen LogP contribution < -0.4 is 0 Å². The molecule has 122 valence electrons. The van der Waals surface area contributed by atoms with Gasteiger partial charge in [0.2, 0.25) is 0 Å². The van der Waals surface area contributed by atoms with Crippen LogP contribution in [-0.4, -0.2) is 60.9 Å². The van der Waals surface area contributed by atoms with Crippen LogP contribution >= 0.6 is 0 Å². The maximum Gasteiger partial charge on any atom is 0.163 e. The Balaban J connectivity index is 2.06. The minimum Gasteiger partial charge on any atom is -0.396 e.